The van der Waals surface area contributed by atoms with Crippen LogP contribution in [0.5, 0.6) is 11.5 Å². The van der Waals surface area contributed by atoms with Gasteiger partial charge in [0.15, 0.2) is 5.13 Å². The Labute approximate surface area is 225 Å². The van der Waals surface area contributed by atoms with Gasteiger partial charge in [0.05, 0.1) is 26.9 Å². The topological polar surface area (TPSA) is 98.3 Å². The summed E-state index contributed by atoms with van der Waals surface area (Å²) in [6.07, 6.45) is 2.33. The van der Waals surface area contributed by atoms with Crippen LogP contribution in [0.15, 0.2) is 41.3 Å². The molecule has 204 valence electrons. The van der Waals surface area contributed by atoms with Crippen LogP contribution >= 0.6 is 11.3 Å². The standard InChI is InChI=1S/C26H30FN3O6S2/c1-34-20-9-10-21(35-2)24-23(20)28-26(37-24)30(16-18-6-5-15-36-18)25(31)17-11-13-29(14-12-17)38(32,33)22-8-4-3-7-19(22)27/h3-4,7-10,17-18H,5-6,11-16H2,1-2H3. The number of aromatic nitrogens is 1. The molecule has 0 aliphatic carbocycles. The van der Waals surface area contributed by atoms with Gasteiger partial charge in [-0.05, 0) is 49.9 Å². The van der Waals surface area contributed by atoms with E-state index in [1.54, 1.807) is 31.3 Å². The number of hydrogen-bond donors (Lipinski definition) is 0. The number of ether oxygens (including phenoxy) is 3. The van der Waals surface area contributed by atoms with Crippen LogP contribution in [-0.4, -0.2) is 70.2 Å². The average Bonchev–Trinajstić information content (AvgIpc) is 3.61. The zero-order valence-corrected chi connectivity index (χ0v) is 22.9. The molecule has 3 aromatic rings. The molecule has 1 amide bonds. The zero-order valence-electron chi connectivity index (χ0n) is 21.3. The van der Waals surface area contributed by atoms with E-state index in [0.29, 0.717) is 48.1 Å². The van der Waals surface area contributed by atoms with Gasteiger partial charge in [-0.15, -0.1) is 0 Å². The van der Waals surface area contributed by atoms with Crippen molar-refractivity contribution in [3.63, 3.8) is 0 Å². The Morgan fingerprint density at radius 2 is 1.84 bits per heavy atom. The Hall–Kier alpha value is -2.80. The summed E-state index contributed by atoms with van der Waals surface area (Å²) in [4.78, 5) is 20.0. The van der Waals surface area contributed by atoms with E-state index in [9.17, 15) is 17.6 Å². The van der Waals surface area contributed by atoms with Crippen LogP contribution in [0.4, 0.5) is 9.52 Å². The number of anilines is 1. The van der Waals surface area contributed by atoms with Crippen molar-refractivity contribution in [2.45, 2.75) is 36.7 Å². The first kappa shape index (κ1) is 26.8. The minimum absolute atomic E-state index is 0.101. The normalized spacial score (nSPS) is 19.1. The second-order valence-electron chi connectivity index (χ2n) is 9.34. The van der Waals surface area contributed by atoms with Crippen LogP contribution in [-0.2, 0) is 19.6 Å². The number of sulfonamides is 1. The third-order valence-corrected chi connectivity index (χ3v) is 10.1. The van der Waals surface area contributed by atoms with Gasteiger partial charge in [0, 0.05) is 25.6 Å². The van der Waals surface area contributed by atoms with Gasteiger partial charge < -0.3 is 14.2 Å². The van der Waals surface area contributed by atoms with Gasteiger partial charge in [0.2, 0.25) is 15.9 Å². The number of hydrogen-bond acceptors (Lipinski definition) is 8. The predicted octanol–water partition coefficient (Wildman–Crippen LogP) is 4.07. The number of amides is 1. The van der Waals surface area contributed by atoms with Gasteiger partial charge in [-0.2, -0.15) is 4.31 Å². The summed E-state index contributed by atoms with van der Waals surface area (Å²) < 4.78 is 59.2. The fourth-order valence-electron chi connectivity index (χ4n) is 5.00. The quantitative estimate of drug-likeness (QED) is 0.408. The van der Waals surface area contributed by atoms with Crippen molar-refractivity contribution in [1.29, 1.82) is 0 Å². The second kappa shape index (κ2) is 11.1. The van der Waals surface area contributed by atoms with Crippen molar-refractivity contribution in [3.05, 3.63) is 42.2 Å². The minimum Gasteiger partial charge on any atom is -0.495 e. The van der Waals surface area contributed by atoms with Gasteiger partial charge in [-0.25, -0.2) is 17.8 Å². The van der Waals surface area contributed by atoms with E-state index in [4.69, 9.17) is 19.2 Å². The maximum Gasteiger partial charge on any atom is 0.245 e. The first-order valence-electron chi connectivity index (χ1n) is 12.5. The van der Waals surface area contributed by atoms with Gasteiger partial charge in [0.1, 0.15) is 32.4 Å². The van der Waals surface area contributed by atoms with Gasteiger partial charge in [-0.1, -0.05) is 23.5 Å². The Bertz CT molecular complexity index is 1370. The molecule has 38 heavy (non-hydrogen) atoms. The fraction of sp³-hybridized carbons (Fsp3) is 0.462. The van der Waals surface area contributed by atoms with E-state index in [-0.39, 0.29) is 30.0 Å². The molecule has 2 aliphatic rings. The molecule has 2 saturated heterocycles. The molecule has 9 nitrogen and oxygen atoms in total. The molecule has 2 fully saturated rings. The lowest BCUT2D eigenvalue weighted by Gasteiger charge is -2.33. The number of carbonyl (C=O) groups excluding carboxylic acids is 1. The third-order valence-electron chi connectivity index (χ3n) is 7.06. The van der Waals surface area contributed by atoms with Crippen molar-refractivity contribution in [1.82, 2.24) is 9.29 Å². The molecule has 5 rings (SSSR count). The van der Waals surface area contributed by atoms with Crippen LogP contribution in [0.25, 0.3) is 10.2 Å². The lowest BCUT2D eigenvalue weighted by atomic mass is 9.96. The van der Waals surface area contributed by atoms with Gasteiger partial charge in [-0.3, -0.25) is 9.69 Å². The van der Waals surface area contributed by atoms with Crippen LogP contribution in [0.2, 0.25) is 0 Å². The van der Waals surface area contributed by atoms with Crippen molar-refractivity contribution in [2.75, 3.05) is 45.4 Å². The highest BCUT2D eigenvalue weighted by Crippen LogP contribution is 2.41. The molecular weight excluding hydrogens is 533 g/mol. The summed E-state index contributed by atoms with van der Waals surface area (Å²) in [7, 11) is -0.840. The Kier molecular flexibility index (Phi) is 7.85. The van der Waals surface area contributed by atoms with Gasteiger partial charge in [0.25, 0.3) is 0 Å². The summed E-state index contributed by atoms with van der Waals surface area (Å²) in [6, 6.07) is 8.94. The zero-order chi connectivity index (χ0) is 26.9. The van der Waals surface area contributed by atoms with E-state index in [2.05, 4.69) is 0 Å². The number of halogens is 1. The predicted molar refractivity (Wildman–Crippen MR) is 142 cm³/mol. The molecule has 0 N–H and O–H groups in total. The van der Waals surface area contributed by atoms with Crippen LogP contribution < -0.4 is 14.4 Å². The second-order valence-corrected chi connectivity index (χ2v) is 12.2. The number of carbonyl (C=O) groups is 1. The maximum atomic E-state index is 14.2. The van der Waals surface area contributed by atoms with E-state index in [1.807, 2.05) is 0 Å². The number of rotatable bonds is 8. The third kappa shape index (κ3) is 5.09. The molecule has 1 unspecified atom stereocenters. The lowest BCUT2D eigenvalue weighted by molar-refractivity contribution is -0.123. The van der Waals surface area contributed by atoms with Crippen molar-refractivity contribution in [2.24, 2.45) is 5.92 Å². The Morgan fingerprint density at radius 1 is 1.13 bits per heavy atom. The number of nitrogens with zero attached hydrogens (tertiary/aromatic N) is 3. The SMILES string of the molecule is COc1ccc(OC)c2sc(N(CC3CCCO3)C(=O)C3CCN(S(=O)(=O)c4ccccc4F)CC3)nc12. The number of piperidine rings is 1. The summed E-state index contributed by atoms with van der Waals surface area (Å²) in [5.41, 5.74) is 0.614. The maximum absolute atomic E-state index is 14.2. The van der Waals surface area contributed by atoms with Crippen LogP contribution in [0.3, 0.4) is 0 Å². The number of fused-ring (bicyclic) bond motifs is 1. The van der Waals surface area contributed by atoms with Gasteiger partial charge >= 0.3 is 0 Å². The van der Waals surface area contributed by atoms with Crippen LogP contribution in [0, 0.1) is 11.7 Å². The van der Waals surface area contributed by atoms with E-state index in [1.165, 1.54) is 33.8 Å². The largest absolute Gasteiger partial charge is 0.495 e. The average molecular weight is 564 g/mol. The number of thiazole rings is 1. The van der Waals surface area contributed by atoms with E-state index >= 15 is 0 Å². The Balaban J connectivity index is 1.39. The fourth-order valence-corrected chi connectivity index (χ4v) is 7.62. The highest BCUT2D eigenvalue weighted by atomic mass is 32.2. The number of methoxy groups -OCH3 is 2. The Morgan fingerprint density at radius 3 is 2.50 bits per heavy atom. The molecule has 1 aromatic heterocycles. The molecule has 2 aliphatic heterocycles. The summed E-state index contributed by atoms with van der Waals surface area (Å²) >= 11 is 1.35. The molecule has 0 radical (unpaired) electrons. The highest BCUT2D eigenvalue weighted by Gasteiger charge is 2.37. The summed E-state index contributed by atoms with van der Waals surface area (Å²) in [6.45, 7) is 1.27. The molecule has 1 atom stereocenters. The number of benzene rings is 2. The summed E-state index contributed by atoms with van der Waals surface area (Å²) in [5, 5.41) is 0.518. The highest BCUT2D eigenvalue weighted by molar-refractivity contribution is 7.89. The molecule has 0 saturated carbocycles. The van der Waals surface area contributed by atoms with Crippen molar-refractivity contribution in [3.8, 4) is 11.5 Å². The minimum atomic E-state index is -3.99. The van der Waals surface area contributed by atoms with Crippen molar-refractivity contribution < 1.29 is 31.8 Å². The molecular formula is C26H30FN3O6S2. The van der Waals surface area contributed by atoms with E-state index in [0.717, 1.165) is 23.6 Å². The monoisotopic (exact) mass is 563 g/mol. The van der Waals surface area contributed by atoms with Crippen LogP contribution in [0.1, 0.15) is 25.7 Å². The molecule has 3 heterocycles. The molecule has 2 aromatic carbocycles. The smallest absolute Gasteiger partial charge is 0.245 e. The molecule has 0 bridgehead atoms. The van der Waals surface area contributed by atoms with Crippen molar-refractivity contribution >= 4 is 42.6 Å². The first-order chi connectivity index (χ1) is 18.3. The molecule has 0 spiro atoms. The molecule has 12 heteroatoms. The van der Waals surface area contributed by atoms with E-state index < -0.39 is 21.8 Å². The first-order valence-corrected chi connectivity index (χ1v) is 14.8. The lowest BCUT2D eigenvalue weighted by Crippen LogP contribution is -2.46. The summed E-state index contributed by atoms with van der Waals surface area (Å²) in [5.74, 6) is -0.0879.